The number of nitrogens with zero attached hydrogens (tertiary/aromatic N) is 2. The van der Waals surface area contributed by atoms with Crippen LogP contribution in [-0.4, -0.2) is 13.2 Å². The molecule has 0 heterocycles. The van der Waals surface area contributed by atoms with Gasteiger partial charge in [-0.15, -0.1) is 0 Å². The van der Waals surface area contributed by atoms with Gasteiger partial charge < -0.3 is 5.73 Å². The Balaban J connectivity index is 3.02. The molecule has 0 aliphatic rings. The van der Waals surface area contributed by atoms with Crippen molar-refractivity contribution in [3.05, 3.63) is 0 Å². The molecule has 0 aromatic rings. The zero-order valence-electron chi connectivity index (χ0n) is 15.4. The molecule has 0 aromatic carbocycles. The highest BCUT2D eigenvalue weighted by atomic mass is 15.1. The van der Waals surface area contributed by atoms with Gasteiger partial charge in [0.15, 0.2) is 0 Å². The lowest BCUT2D eigenvalue weighted by Gasteiger charge is -2.05. The van der Waals surface area contributed by atoms with Crippen LogP contribution in [0.25, 0.3) is 0 Å². The van der Waals surface area contributed by atoms with Gasteiger partial charge in [0, 0.05) is 7.05 Å². The minimum Gasteiger partial charge on any atom is -0.308 e. The zero-order chi connectivity index (χ0) is 16.3. The van der Waals surface area contributed by atoms with Gasteiger partial charge >= 0.3 is 0 Å². The normalized spacial score (nSPS) is 13.0. The Morgan fingerprint density at radius 2 is 1.00 bits per heavy atom. The third-order valence-corrected chi connectivity index (χ3v) is 4.37. The second kappa shape index (κ2) is 18.6. The molecule has 0 spiro atoms. The Kier molecular flexibility index (Phi) is 18.2. The molecular formula is C19H41N3. The van der Waals surface area contributed by atoms with Crippen LogP contribution < -0.4 is 5.73 Å². The Hall–Kier alpha value is -0.440. The average molecular weight is 312 g/mol. The van der Waals surface area contributed by atoms with E-state index >= 15 is 0 Å². The lowest BCUT2D eigenvalue weighted by atomic mass is 10.0. The standard InChI is InChI=1S/C19H41N3/c1-3-4-5-6-7-8-9-10-11-12-13-14-15-16-17-18-19(20)22-21-2/h19H,3-18,20H2,1-2H3. The summed E-state index contributed by atoms with van der Waals surface area (Å²) in [4.78, 5) is 0. The molecule has 1 atom stereocenters. The number of unbranched alkanes of at least 4 members (excludes halogenated alkanes) is 14. The predicted octanol–water partition coefficient (Wildman–Crippen LogP) is 6.61. The lowest BCUT2D eigenvalue weighted by molar-refractivity contribution is 0.513. The van der Waals surface area contributed by atoms with Crippen molar-refractivity contribution in [2.45, 2.75) is 116 Å². The number of rotatable bonds is 17. The zero-order valence-corrected chi connectivity index (χ0v) is 15.4. The second-order valence-electron chi connectivity index (χ2n) is 6.62. The molecule has 0 saturated heterocycles. The van der Waals surface area contributed by atoms with Crippen molar-refractivity contribution < 1.29 is 0 Å². The van der Waals surface area contributed by atoms with E-state index in [9.17, 15) is 0 Å². The summed E-state index contributed by atoms with van der Waals surface area (Å²) in [5, 5.41) is 7.65. The van der Waals surface area contributed by atoms with E-state index in [-0.39, 0.29) is 6.17 Å². The van der Waals surface area contributed by atoms with E-state index in [4.69, 9.17) is 5.73 Å². The van der Waals surface area contributed by atoms with E-state index in [1.165, 1.54) is 96.3 Å². The first-order valence-corrected chi connectivity index (χ1v) is 9.85. The fraction of sp³-hybridized carbons (Fsp3) is 1.00. The SMILES string of the molecule is CCCCCCCCCCCCCCCCCC(N)N=NC. The molecule has 22 heavy (non-hydrogen) atoms. The molecule has 0 aliphatic carbocycles. The smallest absolute Gasteiger partial charge is 0.118 e. The number of hydrogen-bond acceptors (Lipinski definition) is 3. The van der Waals surface area contributed by atoms with Gasteiger partial charge in [-0.05, 0) is 12.8 Å². The van der Waals surface area contributed by atoms with Crippen LogP contribution in [0.4, 0.5) is 0 Å². The van der Waals surface area contributed by atoms with Crippen molar-refractivity contribution in [3.63, 3.8) is 0 Å². The van der Waals surface area contributed by atoms with Crippen LogP contribution in [0.2, 0.25) is 0 Å². The molecule has 2 N–H and O–H groups in total. The highest BCUT2D eigenvalue weighted by Crippen LogP contribution is 2.13. The van der Waals surface area contributed by atoms with Crippen LogP contribution >= 0.6 is 0 Å². The van der Waals surface area contributed by atoms with E-state index in [2.05, 4.69) is 17.2 Å². The van der Waals surface area contributed by atoms with Crippen molar-refractivity contribution in [1.29, 1.82) is 0 Å². The molecule has 0 saturated carbocycles. The van der Waals surface area contributed by atoms with Crippen molar-refractivity contribution in [1.82, 2.24) is 0 Å². The fourth-order valence-corrected chi connectivity index (χ4v) is 2.93. The number of nitrogens with two attached hydrogens (primary N) is 1. The molecule has 0 aromatic heterocycles. The monoisotopic (exact) mass is 311 g/mol. The molecule has 0 aliphatic heterocycles. The highest BCUT2D eigenvalue weighted by Gasteiger charge is 1.99. The van der Waals surface area contributed by atoms with Gasteiger partial charge in [0.25, 0.3) is 0 Å². The van der Waals surface area contributed by atoms with Gasteiger partial charge in [0.1, 0.15) is 6.17 Å². The van der Waals surface area contributed by atoms with Crippen molar-refractivity contribution in [3.8, 4) is 0 Å². The van der Waals surface area contributed by atoms with Crippen molar-refractivity contribution in [2.75, 3.05) is 7.05 Å². The first-order chi connectivity index (χ1) is 10.8. The van der Waals surface area contributed by atoms with E-state index in [0.29, 0.717) is 0 Å². The van der Waals surface area contributed by atoms with Crippen LogP contribution in [0.3, 0.4) is 0 Å². The van der Waals surface area contributed by atoms with Crippen molar-refractivity contribution in [2.24, 2.45) is 16.0 Å². The van der Waals surface area contributed by atoms with Gasteiger partial charge in [-0.25, -0.2) is 0 Å². The maximum Gasteiger partial charge on any atom is 0.118 e. The Labute approximate surface area is 139 Å². The maximum absolute atomic E-state index is 5.78. The summed E-state index contributed by atoms with van der Waals surface area (Å²) < 4.78 is 0. The molecule has 1 unspecified atom stereocenters. The van der Waals surface area contributed by atoms with Gasteiger partial charge in [0.05, 0.1) is 0 Å². The lowest BCUT2D eigenvalue weighted by Crippen LogP contribution is -2.15. The molecular weight excluding hydrogens is 270 g/mol. The quantitative estimate of drug-likeness (QED) is 0.238. The average Bonchev–Trinajstić information content (AvgIpc) is 2.51. The summed E-state index contributed by atoms with van der Waals surface area (Å²) >= 11 is 0. The fourth-order valence-electron chi connectivity index (χ4n) is 2.93. The molecule has 0 radical (unpaired) electrons. The molecule has 3 nitrogen and oxygen atoms in total. The Bertz CT molecular complexity index is 229. The third-order valence-electron chi connectivity index (χ3n) is 4.37. The Morgan fingerprint density at radius 1 is 0.636 bits per heavy atom. The first kappa shape index (κ1) is 21.6. The summed E-state index contributed by atoms with van der Waals surface area (Å²) in [6.07, 6.45) is 21.9. The highest BCUT2D eigenvalue weighted by molar-refractivity contribution is 4.55. The second-order valence-corrected chi connectivity index (χ2v) is 6.62. The molecule has 0 amide bonds. The van der Waals surface area contributed by atoms with Gasteiger partial charge in [-0.1, -0.05) is 96.8 Å². The van der Waals surface area contributed by atoms with Crippen LogP contribution in [0.5, 0.6) is 0 Å². The summed E-state index contributed by atoms with van der Waals surface area (Å²) in [6.45, 7) is 2.29. The molecule has 132 valence electrons. The van der Waals surface area contributed by atoms with Crippen LogP contribution in [0.1, 0.15) is 110 Å². The van der Waals surface area contributed by atoms with Gasteiger partial charge in [-0.3, -0.25) is 0 Å². The largest absolute Gasteiger partial charge is 0.308 e. The minimum atomic E-state index is -0.0769. The number of azo groups is 1. The topological polar surface area (TPSA) is 50.7 Å². The van der Waals surface area contributed by atoms with E-state index in [1.807, 2.05) is 0 Å². The van der Waals surface area contributed by atoms with Crippen LogP contribution in [0.15, 0.2) is 10.2 Å². The van der Waals surface area contributed by atoms with E-state index in [0.717, 1.165) is 6.42 Å². The summed E-state index contributed by atoms with van der Waals surface area (Å²) in [5.41, 5.74) is 5.78. The number of hydrogen-bond donors (Lipinski definition) is 1. The van der Waals surface area contributed by atoms with Gasteiger partial charge in [-0.2, -0.15) is 10.2 Å². The van der Waals surface area contributed by atoms with Gasteiger partial charge in [0.2, 0.25) is 0 Å². The van der Waals surface area contributed by atoms with Crippen LogP contribution in [-0.2, 0) is 0 Å². The summed E-state index contributed by atoms with van der Waals surface area (Å²) in [5.74, 6) is 0. The molecule has 0 rings (SSSR count). The molecule has 0 fully saturated rings. The maximum atomic E-state index is 5.78. The van der Waals surface area contributed by atoms with Crippen molar-refractivity contribution >= 4 is 0 Å². The minimum absolute atomic E-state index is 0.0769. The predicted molar refractivity (Wildman–Crippen MR) is 98.3 cm³/mol. The molecule has 3 heteroatoms. The van der Waals surface area contributed by atoms with E-state index < -0.39 is 0 Å². The third kappa shape index (κ3) is 17.6. The van der Waals surface area contributed by atoms with Crippen LogP contribution in [0, 0.1) is 0 Å². The Morgan fingerprint density at radius 3 is 1.36 bits per heavy atom. The first-order valence-electron chi connectivity index (χ1n) is 9.85. The summed E-state index contributed by atoms with van der Waals surface area (Å²) in [6, 6.07) is 0. The van der Waals surface area contributed by atoms with E-state index in [1.54, 1.807) is 7.05 Å². The summed E-state index contributed by atoms with van der Waals surface area (Å²) in [7, 11) is 1.69. The molecule has 0 bridgehead atoms.